The molecule has 172 valence electrons. The van der Waals surface area contributed by atoms with Crippen LogP contribution in [0.4, 0.5) is 13.2 Å². The zero-order valence-electron chi connectivity index (χ0n) is 16.8. The van der Waals surface area contributed by atoms with E-state index < -0.39 is 30.7 Å². The Bertz CT molecular complexity index is 1120. The van der Waals surface area contributed by atoms with Gasteiger partial charge in [-0.15, -0.1) is 6.42 Å². The number of halogens is 3. The number of hydrogen-bond acceptors (Lipinski definition) is 4. The van der Waals surface area contributed by atoms with Gasteiger partial charge in [0.05, 0.1) is 0 Å². The van der Waals surface area contributed by atoms with Crippen molar-refractivity contribution in [3.63, 3.8) is 0 Å². The van der Waals surface area contributed by atoms with Gasteiger partial charge in [0, 0.05) is 17.0 Å². The minimum absolute atomic E-state index is 0.0447. The van der Waals surface area contributed by atoms with Crippen molar-refractivity contribution in [3.05, 3.63) is 70.8 Å². The van der Waals surface area contributed by atoms with E-state index in [0.29, 0.717) is 11.1 Å². The molecule has 11 heteroatoms. The van der Waals surface area contributed by atoms with Gasteiger partial charge in [-0.1, -0.05) is 48.4 Å². The van der Waals surface area contributed by atoms with Crippen molar-refractivity contribution in [2.24, 2.45) is 5.73 Å². The van der Waals surface area contributed by atoms with Gasteiger partial charge in [0.15, 0.2) is 0 Å². The van der Waals surface area contributed by atoms with E-state index in [2.05, 4.69) is 5.92 Å². The summed E-state index contributed by atoms with van der Waals surface area (Å²) in [5, 5.41) is 23.8. The molecule has 0 saturated heterocycles. The van der Waals surface area contributed by atoms with Crippen molar-refractivity contribution in [1.82, 2.24) is 4.90 Å². The van der Waals surface area contributed by atoms with Crippen molar-refractivity contribution in [2.75, 3.05) is 6.54 Å². The van der Waals surface area contributed by atoms with Crippen LogP contribution in [0.3, 0.4) is 0 Å². The number of alkyl halides is 3. The Labute approximate surface area is 185 Å². The van der Waals surface area contributed by atoms with Crippen LogP contribution in [0.1, 0.15) is 33.0 Å². The summed E-state index contributed by atoms with van der Waals surface area (Å²) in [6.07, 6.45) is 0.620. The van der Waals surface area contributed by atoms with Crippen LogP contribution in [0, 0.1) is 17.8 Å². The SMILES string of the molecule is C#CC1C(c2ccc(C(=N)N)cc2)c2ccccc2C(=O)N1CC(=O)O.O=C(O)C(F)(F)F. The van der Waals surface area contributed by atoms with Gasteiger partial charge < -0.3 is 20.8 Å². The second-order valence-corrected chi connectivity index (χ2v) is 6.84. The molecule has 0 fully saturated rings. The topological polar surface area (TPSA) is 145 Å². The number of nitrogen functional groups attached to an aromatic ring is 1. The van der Waals surface area contributed by atoms with Crippen LogP contribution in [0.25, 0.3) is 0 Å². The molecule has 1 heterocycles. The number of benzene rings is 2. The van der Waals surface area contributed by atoms with Crippen LogP contribution >= 0.6 is 0 Å². The van der Waals surface area contributed by atoms with E-state index in [9.17, 15) is 27.9 Å². The standard InChI is InChI=1S/C20H17N3O3.C2HF3O2/c1-2-16-18(12-7-9-13(10-8-12)19(21)22)14-5-3-4-6-15(14)20(26)23(16)11-17(24)25;3-2(4,5)1(6)7/h1,3-10,16,18H,11H2,(H3,21,22)(H,24,25);(H,6,7). The predicted molar refractivity (Wildman–Crippen MR) is 111 cm³/mol. The van der Waals surface area contributed by atoms with E-state index in [-0.39, 0.29) is 17.7 Å². The highest BCUT2D eigenvalue weighted by Gasteiger charge is 2.40. The molecule has 2 atom stereocenters. The molecule has 0 aromatic heterocycles. The van der Waals surface area contributed by atoms with Crippen LogP contribution in [0.5, 0.6) is 0 Å². The number of amides is 1. The van der Waals surface area contributed by atoms with E-state index in [1.54, 1.807) is 36.4 Å². The van der Waals surface area contributed by atoms with E-state index in [0.717, 1.165) is 11.1 Å². The van der Waals surface area contributed by atoms with E-state index in [4.69, 9.17) is 27.5 Å². The number of fused-ring (bicyclic) bond motifs is 1. The Kier molecular flexibility index (Phi) is 7.45. The first-order valence-electron chi connectivity index (χ1n) is 9.20. The van der Waals surface area contributed by atoms with Gasteiger partial charge in [-0.2, -0.15) is 13.2 Å². The maximum Gasteiger partial charge on any atom is 0.490 e. The Hall–Kier alpha value is -4.33. The molecular weight excluding hydrogens is 443 g/mol. The van der Waals surface area contributed by atoms with E-state index in [1.165, 1.54) is 4.90 Å². The number of nitrogens with zero attached hydrogens (tertiary/aromatic N) is 1. The lowest BCUT2D eigenvalue weighted by Crippen LogP contribution is -2.49. The number of hydrogen-bond donors (Lipinski definition) is 4. The fourth-order valence-electron chi connectivity index (χ4n) is 3.33. The summed E-state index contributed by atoms with van der Waals surface area (Å²) in [6, 6.07) is 13.4. The number of amidine groups is 1. The number of carboxylic acids is 2. The van der Waals surface area contributed by atoms with E-state index >= 15 is 0 Å². The second-order valence-electron chi connectivity index (χ2n) is 6.84. The third kappa shape index (κ3) is 5.68. The number of nitrogens with one attached hydrogen (secondary N) is 1. The van der Waals surface area contributed by atoms with Crippen LogP contribution < -0.4 is 5.73 Å². The third-order valence-corrected chi connectivity index (χ3v) is 4.74. The van der Waals surface area contributed by atoms with Gasteiger partial charge in [-0.3, -0.25) is 15.0 Å². The zero-order chi connectivity index (χ0) is 24.9. The molecule has 0 bridgehead atoms. The Morgan fingerprint density at radius 1 is 1.12 bits per heavy atom. The largest absolute Gasteiger partial charge is 0.490 e. The smallest absolute Gasteiger partial charge is 0.480 e. The first-order chi connectivity index (χ1) is 15.4. The fraction of sp³-hybridized carbons (Fsp3) is 0.182. The quantitative estimate of drug-likeness (QED) is 0.312. The minimum atomic E-state index is -5.08. The van der Waals surface area contributed by atoms with Crippen molar-refractivity contribution in [3.8, 4) is 12.3 Å². The van der Waals surface area contributed by atoms with Crippen LogP contribution in [-0.2, 0) is 9.59 Å². The predicted octanol–water partition coefficient (Wildman–Crippen LogP) is 2.28. The van der Waals surface area contributed by atoms with Gasteiger partial charge in [0.2, 0.25) is 0 Å². The van der Waals surface area contributed by atoms with Gasteiger partial charge in [-0.25, -0.2) is 4.79 Å². The highest BCUT2D eigenvalue weighted by atomic mass is 19.4. The number of nitrogens with two attached hydrogens (primary N) is 1. The Morgan fingerprint density at radius 3 is 2.12 bits per heavy atom. The van der Waals surface area contributed by atoms with Crippen LogP contribution in [-0.4, -0.2) is 57.6 Å². The highest BCUT2D eigenvalue weighted by molar-refractivity contribution is 5.99. The monoisotopic (exact) mass is 461 g/mol. The summed E-state index contributed by atoms with van der Waals surface area (Å²) >= 11 is 0. The number of rotatable bonds is 4. The Balaban J connectivity index is 0.000000479. The van der Waals surface area contributed by atoms with Crippen molar-refractivity contribution < 1.29 is 37.8 Å². The zero-order valence-corrected chi connectivity index (χ0v) is 16.8. The molecule has 2 unspecified atom stereocenters. The molecule has 1 aliphatic rings. The molecular formula is C22H18F3N3O5. The van der Waals surface area contributed by atoms with Gasteiger partial charge in [0.25, 0.3) is 5.91 Å². The summed E-state index contributed by atoms with van der Waals surface area (Å²) in [5.41, 5.74) is 8.11. The molecule has 2 aromatic rings. The number of aliphatic carboxylic acids is 2. The normalized spacial score (nSPS) is 17.2. The molecule has 2 aromatic carbocycles. The summed E-state index contributed by atoms with van der Waals surface area (Å²) < 4.78 is 31.7. The molecule has 3 rings (SSSR count). The molecule has 33 heavy (non-hydrogen) atoms. The lowest BCUT2D eigenvalue weighted by atomic mass is 9.78. The van der Waals surface area contributed by atoms with Crippen molar-refractivity contribution in [1.29, 1.82) is 5.41 Å². The summed E-state index contributed by atoms with van der Waals surface area (Å²) in [6.45, 7) is -0.468. The molecule has 0 saturated carbocycles. The molecule has 1 aliphatic heterocycles. The van der Waals surface area contributed by atoms with Crippen molar-refractivity contribution >= 4 is 23.7 Å². The summed E-state index contributed by atoms with van der Waals surface area (Å²) in [7, 11) is 0. The number of carbonyl (C=O) groups excluding carboxylic acids is 1. The van der Waals surface area contributed by atoms with E-state index in [1.807, 2.05) is 12.1 Å². The first kappa shape index (κ1) is 24.9. The van der Waals surface area contributed by atoms with Gasteiger partial charge >= 0.3 is 18.1 Å². The third-order valence-electron chi connectivity index (χ3n) is 4.74. The minimum Gasteiger partial charge on any atom is -0.480 e. The van der Waals surface area contributed by atoms with Crippen molar-refractivity contribution in [2.45, 2.75) is 18.1 Å². The summed E-state index contributed by atoms with van der Waals surface area (Å²) in [5.74, 6) is -2.08. The molecule has 0 aliphatic carbocycles. The molecule has 0 spiro atoms. The van der Waals surface area contributed by atoms with Gasteiger partial charge in [0.1, 0.15) is 18.4 Å². The molecule has 8 nitrogen and oxygen atoms in total. The molecule has 1 amide bonds. The van der Waals surface area contributed by atoms with Gasteiger partial charge in [-0.05, 0) is 17.2 Å². The first-order valence-corrected chi connectivity index (χ1v) is 9.20. The fourth-order valence-corrected chi connectivity index (χ4v) is 3.33. The average Bonchev–Trinajstić information content (AvgIpc) is 2.75. The maximum absolute atomic E-state index is 12.8. The summed E-state index contributed by atoms with van der Waals surface area (Å²) in [4.78, 5) is 34.1. The lowest BCUT2D eigenvalue weighted by Gasteiger charge is -2.39. The average molecular weight is 461 g/mol. The van der Waals surface area contributed by atoms with Crippen LogP contribution in [0.2, 0.25) is 0 Å². The maximum atomic E-state index is 12.8. The number of carbonyl (C=O) groups is 3. The van der Waals surface area contributed by atoms with Crippen LogP contribution in [0.15, 0.2) is 48.5 Å². The number of carboxylic acid groups (broad SMARTS) is 2. The highest BCUT2D eigenvalue weighted by Crippen LogP contribution is 2.38. The Morgan fingerprint density at radius 2 is 1.67 bits per heavy atom. The molecule has 0 radical (unpaired) electrons. The lowest BCUT2D eigenvalue weighted by molar-refractivity contribution is -0.192. The second kappa shape index (κ2) is 9.86. The molecule has 5 N–H and O–H groups in total. The number of terminal acetylenes is 1.